The molecule has 0 atom stereocenters. The summed E-state index contributed by atoms with van der Waals surface area (Å²) in [6.45, 7) is 0. The van der Waals surface area contributed by atoms with Gasteiger partial charge in [-0.1, -0.05) is 34.8 Å². The minimum atomic E-state index is -4.38. The summed E-state index contributed by atoms with van der Waals surface area (Å²) in [5.74, 6) is -0.466. The summed E-state index contributed by atoms with van der Waals surface area (Å²) in [5, 5.41) is 0.472. The number of carbonyl (C=O) groups is 1. The zero-order valence-electron chi connectivity index (χ0n) is 10.2. The van der Waals surface area contributed by atoms with Crippen LogP contribution in [0.3, 0.4) is 0 Å². The lowest BCUT2D eigenvalue weighted by Gasteiger charge is -2.06. The Morgan fingerprint density at radius 3 is 2.00 bits per heavy atom. The summed E-state index contributed by atoms with van der Waals surface area (Å²) in [4.78, 5) is 11.9. The van der Waals surface area contributed by atoms with Crippen molar-refractivity contribution in [1.82, 2.24) is 0 Å². The molecule has 2 rings (SSSR count). The molecule has 0 bridgehead atoms. The van der Waals surface area contributed by atoms with Crippen LogP contribution < -0.4 is 0 Å². The Bertz CT molecular complexity index is 811. The average Bonchev–Trinajstić information content (AvgIpc) is 2.35. The van der Waals surface area contributed by atoms with Crippen LogP contribution in [0, 0.1) is 0 Å². The van der Waals surface area contributed by atoms with E-state index in [2.05, 4.69) is 0 Å². The molecule has 0 radical (unpaired) electrons. The van der Waals surface area contributed by atoms with E-state index in [1.807, 2.05) is 0 Å². The Hall–Kier alpha value is -1.11. The summed E-state index contributed by atoms with van der Waals surface area (Å²) in [6, 6.07) is 7.61. The van der Waals surface area contributed by atoms with E-state index in [4.69, 9.17) is 39.4 Å². The lowest BCUT2D eigenvalue weighted by molar-refractivity contribution is 0.103. The van der Waals surface area contributed by atoms with Gasteiger partial charge in [0.1, 0.15) is 0 Å². The summed E-state index contributed by atoms with van der Waals surface area (Å²) in [7, 11) is -4.38. The first-order chi connectivity index (χ1) is 9.68. The van der Waals surface area contributed by atoms with Crippen LogP contribution in [-0.2, 0) is 10.1 Å². The van der Waals surface area contributed by atoms with Crippen LogP contribution in [0.1, 0.15) is 15.9 Å². The van der Waals surface area contributed by atoms with E-state index >= 15 is 0 Å². The molecule has 4 nitrogen and oxygen atoms in total. The first-order valence-electron chi connectivity index (χ1n) is 5.46. The van der Waals surface area contributed by atoms with Gasteiger partial charge in [-0.2, -0.15) is 8.42 Å². The standard InChI is InChI=1S/C13H7Cl3O4S/c14-8-3-7(4-9(15)5-8)13(17)11-2-1-10(6-12(11)16)21(18,19)20/h1-6H,(H,18,19,20). The van der Waals surface area contributed by atoms with Gasteiger partial charge in [0.05, 0.1) is 9.92 Å². The van der Waals surface area contributed by atoms with Crippen LogP contribution >= 0.6 is 34.8 Å². The highest BCUT2D eigenvalue weighted by Gasteiger charge is 2.17. The zero-order valence-corrected chi connectivity index (χ0v) is 13.3. The predicted molar refractivity (Wildman–Crippen MR) is 81.2 cm³/mol. The van der Waals surface area contributed by atoms with Gasteiger partial charge >= 0.3 is 0 Å². The molecule has 0 aliphatic rings. The summed E-state index contributed by atoms with van der Waals surface area (Å²) in [5.41, 5.74) is 0.288. The number of halogens is 3. The molecule has 0 fully saturated rings. The fourth-order valence-corrected chi connectivity index (χ4v) is 3.04. The van der Waals surface area contributed by atoms with Gasteiger partial charge in [0.15, 0.2) is 5.78 Å². The third-order valence-electron chi connectivity index (χ3n) is 2.61. The van der Waals surface area contributed by atoms with Crippen LogP contribution in [0.5, 0.6) is 0 Å². The fourth-order valence-electron chi connectivity index (χ4n) is 1.68. The number of rotatable bonds is 3. The Morgan fingerprint density at radius 1 is 0.952 bits per heavy atom. The average molecular weight is 366 g/mol. The third kappa shape index (κ3) is 3.75. The number of hydrogen-bond acceptors (Lipinski definition) is 3. The molecule has 0 saturated carbocycles. The Balaban J connectivity index is 2.49. The molecule has 0 amide bonds. The van der Waals surface area contributed by atoms with Crippen LogP contribution in [-0.4, -0.2) is 18.8 Å². The van der Waals surface area contributed by atoms with Crippen LogP contribution in [0.4, 0.5) is 0 Å². The Labute approximate surface area is 136 Å². The third-order valence-corrected chi connectivity index (χ3v) is 4.21. The van der Waals surface area contributed by atoms with Gasteiger partial charge in [-0.15, -0.1) is 0 Å². The molecule has 2 aromatic rings. The molecule has 21 heavy (non-hydrogen) atoms. The topological polar surface area (TPSA) is 71.4 Å². The van der Waals surface area contributed by atoms with Gasteiger partial charge in [-0.25, -0.2) is 0 Å². The van der Waals surface area contributed by atoms with Crippen LogP contribution in [0.25, 0.3) is 0 Å². The summed E-state index contributed by atoms with van der Waals surface area (Å²) < 4.78 is 30.9. The first-order valence-corrected chi connectivity index (χ1v) is 8.04. The molecule has 0 aliphatic heterocycles. The second kappa shape index (κ2) is 5.94. The van der Waals surface area contributed by atoms with Gasteiger partial charge in [-0.05, 0) is 36.4 Å². The van der Waals surface area contributed by atoms with Crippen molar-refractivity contribution in [2.24, 2.45) is 0 Å². The molecular weight excluding hydrogens is 359 g/mol. The molecule has 110 valence electrons. The van der Waals surface area contributed by atoms with Gasteiger partial charge in [-0.3, -0.25) is 9.35 Å². The highest BCUT2D eigenvalue weighted by atomic mass is 35.5. The monoisotopic (exact) mass is 364 g/mol. The van der Waals surface area contributed by atoms with E-state index < -0.39 is 20.8 Å². The quantitative estimate of drug-likeness (QED) is 0.656. The van der Waals surface area contributed by atoms with E-state index in [-0.39, 0.29) is 26.2 Å². The molecule has 0 heterocycles. The minimum Gasteiger partial charge on any atom is -0.289 e. The molecule has 0 unspecified atom stereocenters. The maximum absolute atomic E-state index is 12.3. The van der Waals surface area contributed by atoms with E-state index in [9.17, 15) is 13.2 Å². The van der Waals surface area contributed by atoms with Gasteiger partial charge in [0, 0.05) is 21.2 Å². The molecule has 0 saturated heterocycles. The van der Waals surface area contributed by atoms with Gasteiger partial charge in [0.25, 0.3) is 10.1 Å². The normalized spacial score (nSPS) is 11.4. The number of carbonyl (C=O) groups excluding carboxylic acids is 1. The molecule has 1 N–H and O–H groups in total. The largest absolute Gasteiger partial charge is 0.294 e. The number of ketones is 1. The Kier molecular flexibility index (Phi) is 4.60. The van der Waals surface area contributed by atoms with E-state index in [0.717, 1.165) is 12.1 Å². The summed E-state index contributed by atoms with van der Waals surface area (Å²) >= 11 is 17.5. The molecule has 8 heteroatoms. The second-order valence-electron chi connectivity index (χ2n) is 4.10. The SMILES string of the molecule is O=C(c1cc(Cl)cc(Cl)c1)c1ccc(S(=O)(=O)O)cc1Cl. The molecule has 0 spiro atoms. The Morgan fingerprint density at radius 2 is 1.52 bits per heavy atom. The number of hydrogen-bond donors (Lipinski definition) is 1. The van der Waals surface area contributed by atoms with Crippen molar-refractivity contribution in [3.8, 4) is 0 Å². The molecule has 2 aromatic carbocycles. The van der Waals surface area contributed by atoms with Crippen molar-refractivity contribution in [2.45, 2.75) is 4.90 Å². The van der Waals surface area contributed by atoms with Crippen molar-refractivity contribution >= 4 is 50.7 Å². The van der Waals surface area contributed by atoms with Crippen LogP contribution in [0.2, 0.25) is 15.1 Å². The lowest BCUT2D eigenvalue weighted by Crippen LogP contribution is -2.04. The maximum Gasteiger partial charge on any atom is 0.294 e. The fraction of sp³-hybridized carbons (Fsp3) is 0. The van der Waals surface area contributed by atoms with Gasteiger partial charge in [0.2, 0.25) is 0 Å². The van der Waals surface area contributed by atoms with Crippen molar-refractivity contribution in [2.75, 3.05) is 0 Å². The van der Waals surface area contributed by atoms with Gasteiger partial charge < -0.3 is 0 Å². The van der Waals surface area contributed by atoms with E-state index in [1.165, 1.54) is 24.3 Å². The molecule has 0 aliphatic carbocycles. The van der Waals surface area contributed by atoms with Crippen molar-refractivity contribution < 1.29 is 17.8 Å². The smallest absolute Gasteiger partial charge is 0.289 e. The highest BCUT2D eigenvalue weighted by molar-refractivity contribution is 7.85. The highest BCUT2D eigenvalue weighted by Crippen LogP contribution is 2.26. The predicted octanol–water partition coefficient (Wildman–Crippen LogP) is 4.12. The van der Waals surface area contributed by atoms with Crippen molar-refractivity contribution in [1.29, 1.82) is 0 Å². The lowest BCUT2D eigenvalue weighted by atomic mass is 10.0. The van der Waals surface area contributed by atoms with Crippen molar-refractivity contribution in [3.63, 3.8) is 0 Å². The summed E-state index contributed by atoms with van der Waals surface area (Å²) in [6.07, 6.45) is 0. The zero-order chi connectivity index (χ0) is 15.8. The minimum absolute atomic E-state index is 0.0717. The van der Waals surface area contributed by atoms with E-state index in [1.54, 1.807) is 0 Å². The first kappa shape index (κ1) is 16.3. The maximum atomic E-state index is 12.3. The second-order valence-corrected chi connectivity index (χ2v) is 6.81. The molecular formula is C13H7Cl3O4S. The van der Waals surface area contributed by atoms with Crippen molar-refractivity contribution in [3.05, 3.63) is 62.6 Å². The van der Waals surface area contributed by atoms with E-state index in [0.29, 0.717) is 0 Å². The molecule has 0 aromatic heterocycles. The van der Waals surface area contributed by atoms with Crippen LogP contribution in [0.15, 0.2) is 41.3 Å². The number of benzene rings is 2.